The summed E-state index contributed by atoms with van der Waals surface area (Å²) < 4.78 is 7.01. The predicted octanol–water partition coefficient (Wildman–Crippen LogP) is 4.41. The molecule has 3 fully saturated rings. The smallest absolute Gasteiger partial charge is 0.410 e. The number of rotatable bonds is 11. The van der Waals surface area contributed by atoms with Gasteiger partial charge in [-0.3, -0.25) is 14.5 Å². The van der Waals surface area contributed by atoms with Gasteiger partial charge < -0.3 is 34.8 Å². The number of nitrogens with zero attached hydrogens (tertiary/aromatic N) is 5. The van der Waals surface area contributed by atoms with Gasteiger partial charge >= 0.3 is 6.09 Å². The molecule has 13 heteroatoms. The summed E-state index contributed by atoms with van der Waals surface area (Å²) in [5, 5.41) is 13.4. The summed E-state index contributed by atoms with van der Waals surface area (Å²) >= 11 is 6.77. The normalized spacial score (nSPS) is 19.2. The van der Waals surface area contributed by atoms with Gasteiger partial charge in [-0.2, -0.15) is 0 Å². The first-order valence-electron chi connectivity index (χ1n) is 17.0. The van der Waals surface area contributed by atoms with Gasteiger partial charge in [0.15, 0.2) is 6.10 Å². The van der Waals surface area contributed by atoms with E-state index >= 15 is 0 Å². The van der Waals surface area contributed by atoms with Crippen molar-refractivity contribution in [2.45, 2.75) is 56.7 Å². The molecule has 0 spiro atoms. The Kier molecular flexibility index (Phi) is 13.0. The summed E-state index contributed by atoms with van der Waals surface area (Å²) in [7, 11) is 4.05. The number of benzene rings is 2. The van der Waals surface area contributed by atoms with Gasteiger partial charge in [0.25, 0.3) is 5.91 Å². The molecule has 3 heterocycles. The highest BCUT2D eigenvalue weighted by Crippen LogP contribution is 2.34. The Hall–Kier alpha value is -2.87. The molecule has 262 valence electrons. The summed E-state index contributed by atoms with van der Waals surface area (Å²) in [5.74, 6) is -0.118. The van der Waals surface area contributed by atoms with Crippen molar-refractivity contribution in [2.75, 3.05) is 78.3 Å². The van der Waals surface area contributed by atoms with Crippen LogP contribution in [0.3, 0.4) is 0 Å². The Balaban J connectivity index is 1.19. The number of halogens is 2. The lowest BCUT2D eigenvalue weighted by molar-refractivity contribution is -0.142. The zero-order chi connectivity index (χ0) is 34.2. The number of nitrogens with one attached hydrogen (secondary N) is 1. The molecule has 0 aliphatic carbocycles. The highest BCUT2D eigenvalue weighted by Gasteiger charge is 2.35. The minimum absolute atomic E-state index is 0.0269. The Morgan fingerprint density at radius 2 is 1.60 bits per heavy atom. The topological polar surface area (TPSA) is 109 Å². The van der Waals surface area contributed by atoms with Gasteiger partial charge in [-0.05, 0) is 100 Å². The molecule has 2 aromatic rings. The van der Waals surface area contributed by atoms with E-state index in [0.29, 0.717) is 60.6 Å². The molecule has 5 rings (SSSR count). The number of carbonyl (C=O) groups is 3. The highest BCUT2D eigenvalue weighted by atomic mass is 79.9. The monoisotopic (exact) mass is 790 g/mol. The van der Waals surface area contributed by atoms with Crippen molar-refractivity contribution in [1.29, 1.82) is 0 Å². The largest absolute Gasteiger partial charge is 0.506 e. The van der Waals surface area contributed by atoms with E-state index < -0.39 is 12.2 Å². The van der Waals surface area contributed by atoms with E-state index in [0.717, 1.165) is 68.7 Å². The number of likely N-dealkylation sites (N-methyl/N-ethyl adjacent to an activating group) is 1. The Morgan fingerprint density at radius 3 is 2.23 bits per heavy atom. The van der Waals surface area contributed by atoms with Crippen LogP contribution in [-0.4, -0.2) is 139 Å². The van der Waals surface area contributed by atoms with E-state index in [1.807, 2.05) is 35.0 Å². The highest BCUT2D eigenvalue weighted by molar-refractivity contribution is 9.11. The molecule has 11 nitrogen and oxygen atoms in total. The lowest BCUT2D eigenvalue weighted by Crippen LogP contribution is -2.54. The molecule has 1 atom stereocenters. The number of anilines is 1. The molecule has 0 unspecified atom stereocenters. The Bertz CT molecular complexity index is 1380. The van der Waals surface area contributed by atoms with Gasteiger partial charge in [0.05, 0.1) is 8.95 Å². The molecule has 0 saturated carbocycles. The standard InChI is InChI=1S/C35H48Br2N6O5/c1-38-31-6-4-3-5-26(31)7-12-43(24-44)28-10-15-42(16-11-28)35(47)48-32(23-25-21-29(36)33(45)30(37)22-25)34(46)41-13-8-27(9-14-41)40-19-17-39(2)18-20-40/h3-6,21-22,24,27-28,32,38,45H,7-20,23H2,1-2H3/t32-/m1/s1. The number of carbonyl (C=O) groups excluding carboxylic acids is 3. The maximum Gasteiger partial charge on any atom is 0.410 e. The van der Waals surface area contributed by atoms with Crippen LogP contribution in [0.15, 0.2) is 45.3 Å². The number of aromatic hydroxyl groups is 1. The molecular formula is C35H48Br2N6O5. The summed E-state index contributed by atoms with van der Waals surface area (Å²) in [6.45, 7) is 6.93. The van der Waals surface area contributed by atoms with Crippen LogP contribution in [0, 0.1) is 0 Å². The maximum absolute atomic E-state index is 14.0. The second-order valence-corrected chi connectivity index (χ2v) is 14.8. The fourth-order valence-corrected chi connectivity index (χ4v) is 8.38. The summed E-state index contributed by atoms with van der Waals surface area (Å²) in [6, 6.07) is 12.1. The molecule has 0 radical (unpaired) electrons. The third kappa shape index (κ3) is 9.22. The van der Waals surface area contributed by atoms with Crippen molar-refractivity contribution in [3.63, 3.8) is 0 Å². The molecule has 2 N–H and O–H groups in total. The number of phenols is 1. The molecule has 3 saturated heterocycles. The molecular weight excluding hydrogens is 744 g/mol. The van der Waals surface area contributed by atoms with Gasteiger partial charge in [0.1, 0.15) is 5.75 Å². The van der Waals surface area contributed by atoms with Gasteiger partial charge in [0, 0.05) is 90.1 Å². The molecule has 3 amide bonds. The minimum Gasteiger partial charge on any atom is -0.506 e. The van der Waals surface area contributed by atoms with Crippen LogP contribution < -0.4 is 5.32 Å². The average molecular weight is 793 g/mol. The van der Waals surface area contributed by atoms with Gasteiger partial charge in [-0.25, -0.2) is 4.79 Å². The number of piperidine rings is 2. The molecule has 3 aliphatic rings. The van der Waals surface area contributed by atoms with Crippen LogP contribution in [0.5, 0.6) is 5.75 Å². The Morgan fingerprint density at radius 1 is 0.979 bits per heavy atom. The van der Waals surface area contributed by atoms with Crippen LogP contribution in [0.1, 0.15) is 36.8 Å². The van der Waals surface area contributed by atoms with Crippen molar-refractivity contribution in [2.24, 2.45) is 0 Å². The van der Waals surface area contributed by atoms with Crippen LogP contribution >= 0.6 is 31.9 Å². The van der Waals surface area contributed by atoms with Crippen molar-refractivity contribution in [1.82, 2.24) is 24.5 Å². The number of ether oxygens (including phenoxy) is 1. The van der Waals surface area contributed by atoms with Crippen LogP contribution in [-0.2, 0) is 27.2 Å². The number of amides is 3. The zero-order valence-electron chi connectivity index (χ0n) is 28.0. The van der Waals surface area contributed by atoms with Crippen LogP contribution in [0.25, 0.3) is 0 Å². The van der Waals surface area contributed by atoms with E-state index in [9.17, 15) is 19.5 Å². The Labute approximate surface area is 300 Å². The summed E-state index contributed by atoms with van der Waals surface area (Å²) in [6.07, 6.45) is 3.38. The third-order valence-electron chi connectivity index (χ3n) is 10.1. The predicted molar refractivity (Wildman–Crippen MR) is 193 cm³/mol. The quantitative estimate of drug-likeness (QED) is 0.323. The van der Waals surface area contributed by atoms with Crippen molar-refractivity contribution in [3.8, 4) is 5.75 Å². The van der Waals surface area contributed by atoms with Gasteiger partial charge in [-0.15, -0.1) is 0 Å². The molecule has 3 aliphatic heterocycles. The van der Waals surface area contributed by atoms with Crippen molar-refractivity contribution in [3.05, 3.63) is 56.5 Å². The van der Waals surface area contributed by atoms with E-state index in [4.69, 9.17) is 4.74 Å². The molecule has 48 heavy (non-hydrogen) atoms. The number of likely N-dealkylation sites (tertiary alicyclic amines) is 2. The van der Waals surface area contributed by atoms with Crippen molar-refractivity contribution >= 4 is 56.0 Å². The van der Waals surface area contributed by atoms with E-state index in [1.54, 1.807) is 17.0 Å². The fraction of sp³-hybridized carbons (Fsp3) is 0.571. The van der Waals surface area contributed by atoms with Gasteiger partial charge in [-0.1, -0.05) is 18.2 Å². The van der Waals surface area contributed by atoms with E-state index in [-0.39, 0.29) is 24.1 Å². The number of phenolic OH excluding ortho intramolecular Hbond substituents is 1. The minimum atomic E-state index is -1.00. The zero-order valence-corrected chi connectivity index (χ0v) is 31.1. The van der Waals surface area contributed by atoms with Crippen LogP contribution in [0.4, 0.5) is 10.5 Å². The van der Waals surface area contributed by atoms with Crippen LogP contribution in [0.2, 0.25) is 0 Å². The number of hydrogen-bond acceptors (Lipinski definition) is 8. The van der Waals surface area contributed by atoms with Gasteiger partial charge in [0.2, 0.25) is 6.41 Å². The second-order valence-electron chi connectivity index (χ2n) is 13.1. The lowest BCUT2D eigenvalue weighted by Gasteiger charge is -2.42. The number of hydrogen-bond donors (Lipinski definition) is 2. The fourth-order valence-electron chi connectivity index (χ4n) is 7.10. The third-order valence-corrected chi connectivity index (χ3v) is 11.3. The first-order chi connectivity index (χ1) is 23.2. The molecule has 0 aromatic heterocycles. The summed E-state index contributed by atoms with van der Waals surface area (Å²) in [4.78, 5) is 49.8. The van der Waals surface area contributed by atoms with E-state index in [2.05, 4.69) is 60.1 Å². The first kappa shape index (κ1) is 36.4. The average Bonchev–Trinajstić information content (AvgIpc) is 3.11. The first-order valence-corrected chi connectivity index (χ1v) is 18.6. The molecule has 2 aromatic carbocycles. The lowest BCUT2D eigenvalue weighted by atomic mass is 10.0. The SMILES string of the molecule is CNc1ccccc1CCN(C=O)C1CCN(C(=O)O[C@H](Cc2cc(Br)c(O)c(Br)c2)C(=O)N2CCC(N3CCN(C)CC3)CC2)CC1. The van der Waals surface area contributed by atoms with E-state index in [1.165, 1.54) is 0 Å². The van der Waals surface area contributed by atoms with Crippen molar-refractivity contribution < 1.29 is 24.2 Å². The maximum atomic E-state index is 14.0. The number of para-hydroxylation sites is 1. The second kappa shape index (κ2) is 17.2. The number of piperazine rings is 1. The molecule has 0 bridgehead atoms. The summed E-state index contributed by atoms with van der Waals surface area (Å²) in [5.41, 5.74) is 2.96.